The number of halogens is 1. The summed E-state index contributed by atoms with van der Waals surface area (Å²) >= 11 is 0. The van der Waals surface area contributed by atoms with Gasteiger partial charge in [-0.3, -0.25) is 0 Å². The molecule has 0 amide bonds. The molecule has 0 fully saturated rings. The molecule has 1 aromatic rings. The summed E-state index contributed by atoms with van der Waals surface area (Å²) in [6, 6.07) is 1.99. The maximum atomic E-state index is 14.1. The minimum absolute atomic E-state index is 0.0989. The van der Waals surface area contributed by atoms with Crippen molar-refractivity contribution < 1.29 is 9.13 Å². The lowest BCUT2D eigenvalue weighted by Crippen LogP contribution is -2.22. The van der Waals surface area contributed by atoms with E-state index in [4.69, 9.17) is 4.74 Å². The van der Waals surface area contributed by atoms with Crippen molar-refractivity contribution in [2.75, 3.05) is 27.2 Å². The third-order valence-electron chi connectivity index (χ3n) is 2.63. The van der Waals surface area contributed by atoms with Gasteiger partial charge in [-0.25, -0.2) is 9.37 Å². The Labute approximate surface area is 115 Å². The van der Waals surface area contributed by atoms with Crippen molar-refractivity contribution in [3.05, 3.63) is 23.6 Å². The lowest BCUT2D eigenvalue weighted by atomic mass is 10.2. The largest absolute Gasteiger partial charge is 0.476 e. The van der Waals surface area contributed by atoms with Crippen molar-refractivity contribution >= 4 is 0 Å². The number of hydrogen-bond acceptors (Lipinski definition) is 4. The summed E-state index contributed by atoms with van der Waals surface area (Å²) in [5.74, 6) is -0.262. The zero-order valence-electron chi connectivity index (χ0n) is 12.2. The predicted octanol–water partition coefficient (Wildman–Crippen LogP) is 2.05. The minimum atomic E-state index is -0.361. The molecular formula is C14H24FN3O. The molecule has 0 radical (unpaired) electrons. The van der Waals surface area contributed by atoms with E-state index in [1.165, 1.54) is 0 Å². The highest BCUT2D eigenvalue weighted by molar-refractivity contribution is 5.23. The fraction of sp³-hybridized carbons (Fsp3) is 0.643. The lowest BCUT2D eigenvalue weighted by molar-refractivity contribution is 0.260. The van der Waals surface area contributed by atoms with E-state index in [1.807, 2.05) is 27.9 Å². The Balaban J connectivity index is 2.51. The van der Waals surface area contributed by atoms with E-state index < -0.39 is 0 Å². The second kappa shape index (κ2) is 8.07. The fourth-order valence-electron chi connectivity index (χ4n) is 1.56. The highest BCUT2D eigenvalue weighted by Gasteiger charge is 2.10. The molecule has 1 aromatic heterocycles. The Morgan fingerprint density at radius 3 is 2.79 bits per heavy atom. The summed E-state index contributed by atoms with van der Waals surface area (Å²) in [5.41, 5.74) is 0.589. The van der Waals surface area contributed by atoms with Gasteiger partial charge in [0.2, 0.25) is 0 Å². The number of aromatic nitrogens is 1. The molecule has 0 unspecified atom stereocenters. The van der Waals surface area contributed by atoms with Crippen molar-refractivity contribution in [1.29, 1.82) is 0 Å². The molecule has 0 saturated carbocycles. The van der Waals surface area contributed by atoms with Gasteiger partial charge in [0.05, 0.1) is 6.61 Å². The molecule has 1 N–H and O–H groups in total. The molecule has 4 nitrogen and oxygen atoms in total. The summed E-state index contributed by atoms with van der Waals surface area (Å²) in [4.78, 5) is 6.01. The Hall–Kier alpha value is -1.20. The first-order chi connectivity index (χ1) is 9.00. The van der Waals surface area contributed by atoms with Gasteiger partial charge in [0.15, 0.2) is 5.82 Å². The zero-order chi connectivity index (χ0) is 14.3. The minimum Gasteiger partial charge on any atom is -0.476 e. The second-order valence-corrected chi connectivity index (χ2v) is 5.13. The van der Waals surface area contributed by atoms with E-state index in [-0.39, 0.29) is 11.7 Å². The van der Waals surface area contributed by atoms with Gasteiger partial charge in [0.1, 0.15) is 0 Å². The van der Waals surface area contributed by atoms with E-state index in [0.717, 1.165) is 13.0 Å². The van der Waals surface area contributed by atoms with Crippen molar-refractivity contribution in [3.63, 3.8) is 0 Å². The highest BCUT2D eigenvalue weighted by Crippen LogP contribution is 2.17. The van der Waals surface area contributed by atoms with Gasteiger partial charge in [-0.2, -0.15) is 0 Å². The van der Waals surface area contributed by atoms with Crippen molar-refractivity contribution in [3.8, 4) is 5.88 Å². The van der Waals surface area contributed by atoms with Gasteiger partial charge in [-0.05, 0) is 26.6 Å². The molecule has 5 heteroatoms. The molecule has 19 heavy (non-hydrogen) atoms. The van der Waals surface area contributed by atoms with Crippen LogP contribution in [0, 0.1) is 5.82 Å². The van der Waals surface area contributed by atoms with Crippen LogP contribution in [0.3, 0.4) is 0 Å². The monoisotopic (exact) mass is 269 g/mol. The second-order valence-electron chi connectivity index (χ2n) is 5.13. The molecule has 0 atom stereocenters. The first-order valence-electron chi connectivity index (χ1n) is 6.65. The summed E-state index contributed by atoms with van der Waals surface area (Å²) in [6.07, 6.45) is 2.43. The zero-order valence-corrected chi connectivity index (χ0v) is 12.2. The maximum Gasteiger partial charge on any atom is 0.250 e. The Bertz CT molecular complexity index is 383. The van der Waals surface area contributed by atoms with Crippen LogP contribution in [0.2, 0.25) is 0 Å². The van der Waals surface area contributed by atoms with Gasteiger partial charge in [-0.1, -0.05) is 13.8 Å². The topological polar surface area (TPSA) is 37.4 Å². The van der Waals surface area contributed by atoms with E-state index in [1.54, 1.807) is 12.3 Å². The summed E-state index contributed by atoms with van der Waals surface area (Å²) < 4.78 is 19.5. The average molecular weight is 269 g/mol. The smallest absolute Gasteiger partial charge is 0.250 e. The van der Waals surface area contributed by atoms with Crippen LogP contribution in [0.25, 0.3) is 0 Å². The van der Waals surface area contributed by atoms with Crippen LogP contribution in [-0.2, 0) is 6.54 Å². The van der Waals surface area contributed by atoms with Crippen LogP contribution in [0.15, 0.2) is 12.3 Å². The maximum absolute atomic E-state index is 14.1. The third-order valence-corrected chi connectivity index (χ3v) is 2.63. The van der Waals surface area contributed by atoms with Crippen LogP contribution in [-0.4, -0.2) is 43.2 Å². The normalized spacial score (nSPS) is 11.3. The Morgan fingerprint density at radius 2 is 2.16 bits per heavy atom. The van der Waals surface area contributed by atoms with Gasteiger partial charge in [0, 0.05) is 30.9 Å². The molecular weight excluding hydrogens is 245 g/mol. The van der Waals surface area contributed by atoms with Gasteiger partial charge in [0.25, 0.3) is 5.88 Å². The number of nitrogens with one attached hydrogen (secondary N) is 1. The van der Waals surface area contributed by atoms with E-state index >= 15 is 0 Å². The first-order valence-corrected chi connectivity index (χ1v) is 6.65. The molecule has 108 valence electrons. The van der Waals surface area contributed by atoms with E-state index in [2.05, 4.69) is 15.2 Å². The molecule has 0 aromatic carbocycles. The summed E-state index contributed by atoms with van der Waals surface area (Å²) in [6.45, 7) is 5.93. The molecule has 1 rings (SSSR count). The molecule has 1 heterocycles. The molecule has 0 saturated heterocycles. The molecule has 0 aliphatic rings. The van der Waals surface area contributed by atoms with Gasteiger partial charge in [-0.15, -0.1) is 0 Å². The van der Waals surface area contributed by atoms with Crippen molar-refractivity contribution in [1.82, 2.24) is 15.2 Å². The highest BCUT2D eigenvalue weighted by atomic mass is 19.1. The Kier molecular flexibility index (Phi) is 6.73. The lowest BCUT2D eigenvalue weighted by Gasteiger charge is -2.12. The first kappa shape index (κ1) is 15.9. The molecule has 0 spiro atoms. The number of pyridine rings is 1. The number of ether oxygens (including phenoxy) is 1. The van der Waals surface area contributed by atoms with Crippen LogP contribution in [0.1, 0.15) is 25.8 Å². The number of nitrogens with zero attached hydrogens (tertiary/aromatic N) is 2. The average Bonchev–Trinajstić information content (AvgIpc) is 2.34. The molecule has 0 aliphatic heterocycles. The standard InChI is InChI=1S/C14H24FN3O/c1-11(2)17-10-12-6-7-16-14(13(12)15)19-9-5-8-18(3)4/h6-7,11,17H,5,8-10H2,1-4H3. The SMILES string of the molecule is CC(C)NCc1ccnc(OCCCN(C)C)c1F. The predicted molar refractivity (Wildman–Crippen MR) is 74.8 cm³/mol. The Morgan fingerprint density at radius 1 is 1.42 bits per heavy atom. The van der Waals surface area contributed by atoms with Gasteiger partial charge < -0.3 is 15.0 Å². The fourth-order valence-corrected chi connectivity index (χ4v) is 1.56. The summed E-state index contributed by atoms with van der Waals surface area (Å²) in [5, 5.41) is 3.18. The van der Waals surface area contributed by atoms with Gasteiger partial charge >= 0.3 is 0 Å². The van der Waals surface area contributed by atoms with Crippen LogP contribution < -0.4 is 10.1 Å². The van der Waals surface area contributed by atoms with E-state index in [0.29, 0.717) is 24.8 Å². The molecule has 0 bridgehead atoms. The van der Waals surface area contributed by atoms with E-state index in [9.17, 15) is 4.39 Å². The van der Waals surface area contributed by atoms with Crippen molar-refractivity contribution in [2.24, 2.45) is 0 Å². The number of rotatable bonds is 8. The summed E-state index contributed by atoms with van der Waals surface area (Å²) in [7, 11) is 3.99. The molecule has 0 aliphatic carbocycles. The quantitative estimate of drug-likeness (QED) is 0.733. The van der Waals surface area contributed by atoms with Crippen LogP contribution in [0.5, 0.6) is 5.88 Å². The van der Waals surface area contributed by atoms with Crippen molar-refractivity contribution in [2.45, 2.75) is 32.9 Å². The number of hydrogen-bond donors (Lipinski definition) is 1. The third kappa shape index (κ3) is 5.98. The van der Waals surface area contributed by atoms with Crippen LogP contribution >= 0.6 is 0 Å². The van der Waals surface area contributed by atoms with Crippen LogP contribution in [0.4, 0.5) is 4.39 Å².